The monoisotopic (exact) mass is 270 g/mol. The van der Waals surface area contributed by atoms with E-state index in [-0.39, 0.29) is 24.3 Å². The summed E-state index contributed by atoms with van der Waals surface area (Å²) in [5.41, 5.74) is 0. The van der Waals surface area contributed by atoms with Crippen molar-refractivity contribution in [3.63, 3.8) is 0 Å². The average molecular weight is 270 g/mol. The van der Waals surface area contributed by atoms with Crippen LogP contribution in [0.25, 0.3) is 0 Å². The van der Waals surface area contributed by atoms with Gasteiger partial charge in [-0.1, -0.05) is 20.3 Å². The first-order chi connectivity index (χ1) is 8.90. The van der Waals surface area contributed by atoms with Gasteiger partial charge < -0.3 is 15.7 Å². The Labute approximate surface area is 112 Å². The Hall–Kier alpha value is -1.59. The van der Waals surface area contributed by atoms with E-state index in [1.165, 1.54) is 0 Å². The van der Waals surface area contributed by atoms with Gasteiger partial charge in [0.15, 0.2) is 0 Å². The zero-order valence-corrected chi connectivity index (χ0v) is 11.4. The van der Waals surface area contributed by atoms with Crippen molar-refractivity contribution in [2.75, 3.05) is 6.54 Å². The first-order valence-corrected chi connectivity index (χ1v) is 6.70. The quantitative estimate of drug-likeness (QED) is 0.628. The molecule has 0 spiro atoms. The smallest absolute Gasteiger partial charge is 0.326 e. The van der Waals surface area contributed by atoms with Crippen LogP contribution in [-0.2, 0) is 14.4 Å². The van der Waals surface area contributed by atoms with Crippen LogP contribution in [0.3, 0.4) is 0 Å². The summed E-state index contributed by atoms with van der Waals surface area (Å²) in [6, 6.07) is -0.895. The van der Waals surface area contributed by atoms with Gasteiger partial charge in [-0.3, -0.25) is 9.59 Å². The van der Waals surface area contributed by atoms with E-state index < -0.39 is 17.9 Å². The van der Waals surface area contributed by atoms with Crippen molar-refractivity contribution in [2.24, 2.45) is 11.8 Å². The van der Waals surface area contributed by atoms with E-state index >= 15 is 0 Å². The molecule has 1 aliphatic rings. The minimum absolute atomic E-state index is 0.0266. The van der Waals surface area contributed by atoms with Crippen LogP contribution in [0.1, 0.15) is 39.5 Å². The highest BCUT2D eigenvalue weighted by Crippen LogP contribution is 2.25. The predicted molar refractivity (Wildman–Crippen MR) is 69.4 cm³/mol. The summed E-state index contributed by atoms with van der Waals surface area (Å²) in [6.45, 7) is 3.62. The first-order valence-electron chi connectivity index (χ1n) is 6.70. The maximum Gasteiger partial charge on any atom is 0.326 e. The summed E-state index contributed by atoms with van der Waals surface area (Å²) in [5.74, 6) is -1.42. The van der Waals surface area contributed by atoms with Crippen LogP contribution in [0.4, 0.5) is 0 Å². The molecule has 0 heterocycles. The predicted octanol–water partition coefficient (Wildman–Crippen LogP) is 0.518. The summed E-state index contributed by atoms with van der Waals surface area (Å²) in [4.78, 5) is 34.1. The fourth-order valence-electron chi connectivity index (χ4n) is 1.92. The maximum atomic E-state index is 11.6. The SMILES string of the molecule is CC(C)C[C@H](NC(=O)CNC(=O)C1CCC1)C(=O)O. The van der Waals surface area contributed by atoms with Gasteiger partial charge in [0.1, 0.15) is 6.04 Å². The molecule has 108 valence electrons. The lowest BCUT2D eigenvalue weighted by Gasteiger charge is -2.24. The molecule has 6 heteroatoms. The highest BCUT2D eigenvalue weighted by atomic mass is 16.4. The first kappa shape index (κ1) is 15.5. The molecule has 0 aromatic heterocycles. The molecule has 3 N–H and O–H groups in total. The zero-order valence-electron chi connectivity index (χ0n) is 11.4. The highest BCUT2D eigenvalue weighted by Gasteiger charge is 2.26. The Balaban J connectivity index is 2.31. The van der Waals surface area contributed by atoms with Gasteiger partial charge in [-0.2, -0.15) is 0 Å². The van der Waals surface area contributed by atoms with E-state index in [4.69, 9.17) is 5.11 Å². The molecule has 1 aliphatic carbocycles. The summed E-state index contributed by atoms with van der Waals surface area (Å²) >= 11 is 0. The standard InChI is InChI=1S/C13H22N2O4/c1-8(2)6-10(13(18)19)15-11(16)7-14-12(17)9-4-3-5-9/h8-10H,3-7H2,1-2H3,(H,14,17)(H,15,16)(H,18,19)/t10-/m0/s1. The van der Waals surface area contributed by atoms with Gasteiger partial charge in [0.05, 0.1) is 6.54 Å². The van der Waals surface area contributed by atoms with Crippen LogP contribution in [0.5, 0.6) is 0 Å². The van der Waals surface area contributed by atoms with Crippen LogP contribution in [0.15, 0.2) is 0 Å². The lowest BCUT2D eigenvalue weighted by molar-refractivity contribution is -0.142. The number of amides is 2. The van der Waals surface area contributed by atoms with Crippen molar-refractivity contribution in [3.8, 4) is 0 Å². The third-order valence-electron chi connectivity index (χ3n) is 3.24. The number of rotatable bonds is 7. The molecule has 1 saturated carbocycles. The second kappa shape index (κ2) is 7.11. The lowest BCUT2D eigenvalue weighted by atomic mass is 9.85. The number of nitrogens with one attached hydrogen (secondary N) is 2. The van der Waals surface area contributed by atoms with Crippen molar-refractivity contribution < 1.29 is 19.5 Å². The van der Waals surface area contributed by atoms with Gasteiger partial charge in [0.2, 0.25) is 11.8 Å². The van der Waals surface area contributed by atoms with Gasteiger partial charge in [0.25, 0.3) is 0 Å². The van der Waals surface area contributed by atoms with Crippen molar-refractivity contribution >= 4 is 17.8 Å². The number of hydrogen-bond acceptors (Lipinski definition) is 3. The Morgan fingerprint density at radius 1 is 1.26 bits per heavy atom. The number of carboxylic acids is 1. The van der Waals surface area contributed by atoms with E-state index in [0.29, 0.717) is 6.42 Å². The molecule has 0 aromatic carbocycles. The number of carbonyl (C=O) groups is 3. The van der Waals surface area contributed by atoms with Gasteiger partial charge in [-0.25, -0.2) is 4.79 Å². The molecule has 0 aromatic rings. The highest BCUT2D eigenvalue weighted by molar-refractivity contribution is 5.88. The topological polar surface area (TPSA) is 95.5 Å². The molecule has 1 atom stereocenters. The summed E-state index contributed by atoms with van der Waals surface area (Å²) < 4.78 is 0. The van der Waals surface area contributed by atoms with E-state index in [1.54, 1.807) is 0 Å². The third-order valence-corrected chi connectivity index (χ3v) is 3.24. The molecule has 2 amide bonds. The average Bonchev–Trinajstić information content (AvgIpc) is 2.22. The van der Waals surface area contributed by atoms with Gasteiger partial charge in [0, 0.05) is 5.92 Å². The summed E-state index contributed by atoms with van der Waals surface area (Å²) in [6.07, 6.45) is 3.18. The van der Waals surface area contributed by atoms with E-state index in [1.807, 2.05) is 13.8 Å². The fourth-order valence-corrected chi connectivity index (χ4v) is 1.92. The van der Waals surface area contributed by atoms with Crippen molar-refractivity contribution in [1.29, 1.82) is 0 Å². The second-order valence-electron chi connectivity index (χ2n) is 5.43. The largest absolute Gasteiger partial charge is 0.480 e. The molecule has 0 saturated heterocycles. The fraction of sp³-hybridized carbons (Fsp3) is 0.769. The molecular formula is C13H22N2O4. The minimum atomic E-state index is -1.05. The zero-order chi connectivity index (χ0) is 14.4. The van der Waals surface area contributed by atoms with E-state index in [0.717, 1.165) is 19.3 Å². The third kappa shape index (κ3) is 5.28. The van der Waals surface area contributed by atoms with Crippen LogP contribution >= 0.6 is 0 Å². The maximum absolute atomic E-state index is 11.6. The van der Waals surface area contributed by atoms with Gasteiger partial charge in [-0.15, -0.1) is 0 Å². The van der Waals surface area contributed by atoms with Crippen LogP contribution in [0.2, 0.25) is 0 Å². The van der Waals surface area contributed by atoms with Crippen LogP contribution in [-0.4, -0.2) is 35.5 Å². The number of hydrogen-bond donors (Lipinski definition) is 3. The van der Waals surface area contributed by atoms with Crippen LogP contribution in [0, 0.1) is 11.8 Å². The number of aliphatic carboxylic acids is 1. The summed E-state index contributed by atoms with van der Waals surface area (Å²) in [7, 11) is 0. The van der Waals surface area contributed by atoms with E-state index in [9.17, 15) is 14.4 Å². The molecular weight excluding hydrogens is 248 g/mol. The molecule has 1 fully saturated rings. The normalized spacial score (nSPS) is 16.6. The number of carbonyl (C=O) groups excluding carboxylic acids is 2. The lowest BCUT2D eigenvalue weighted by Crippen LogP contribution is -2.47. The molecule has 19 heavy (non-hydrogen) atoms. The van der Waals surface area contributed by atoms with E-state index in [2.05, 4.69) is 10.6 Å². The molecule has 1 rings (SSSR count). The van der Waals surface area contributed by atoms with Gasteiger partial charge in [-0.05, 0) is 25.2 Å². The Kier molecular flexibility index (Phi) is 5.79. The molecule has 0 unspecified atom stereocenters. The van der Waals surface area contributed by atoms with Crippen molar-refractivity contribution in [2.45, 2.75) is 45.6 Å². The number of carboxylic acid groups (broad SMARTS) is 1. The Morgan fingerprint density at radius 2 is 1.89 bits per heavy atom. The second-order valence-corrected chi connectivity index (χ2v) is 5.43. The Bertz CT molecular complexity index is 351. The molecule has 0 radical (unpaired) electrons. The van der Waals surface area contributed by atoms with Gasteiger partial charge >= 0.3 is 5.97 Å². The molecule has 6 nitrogen and oxygen atoms in total. The summed E-state index contributed by atoms with van der Waals surface area (Å²) in [5, 5.41) is 13.9. The minimum Gasteiger partial charge on any atom is -0.480 e. The van der Waals surface area contributed by atoms with Crippen molar-refractivity contribution in [3.05, 3.63) is 0 Å². The Morgan fingerprint density at radius 3 is 2.32 bits per heavy atom. The van der Waals surface area contributed by atoms with Crippen LogP contribution < -0.4 is 10.6 Å². The van der Waals surface area contributed by atoms with Crippen molar-refractivity contribution in [1.82, 2.24) is 10.6 Å². The molecule has 0 bridgehead atoms. The molecule has 0 aliphatic heterocycles.